The van der Waals surface area contributed by atoms with Gasteiger partial charge in [-0.15, -0.1) is 0 Å². The Morgan fingerprint density at radius 3 is 2.33 bits per heavy atom. The van der Waals surface area contributed by atoms with Gasteiger partial charge >= 0.3 is 0 Å². The quantitative estimate of drug-likeness (QED) is 0.503. The maximum absolute atomic E-state index is 12.2. The number of Topliss-reactive ketones (excluding diaryl/α,β-unsaturated/α-hetero) is 1. The Bertz CT molecular complexity index is 647. The molecule has 7 nitrogen and oxygen atoms in total. The van der Waals surface area contributed by atoms with Crippen LogP contribution in [0.25, 0.3) is 0 Å². The van der Waals surface area contributed by atoms with Crippen LogP contribution in [0, 0.1) is 16.7 Å². The standard InChI is InChI=1S/C12H20O7S2/c1-11(2)9-3-4-12(11,10(13)7-9)8-21(17,18)19-5-6-20(14,15)16/h9H,3-8H2,1-2H3,(H,14,15,16)/p-1. The van der Waals surface area contributed by atoms with E-state index in [0.717, 1.165) is 6.42 Å². The first-order valence-electron chi connectivity index (χ1n) is 6.74. The zero-order chi connectivity index (χ0) is 16.1. The number of hydrogen-bond donors (Lipinski definition) is 0. The van der Waals surface area contributed by atoms with Crippen molar-refractivity contribution in [2.45, 2.75) is 33.1 Å². The van der Waals surface area contributed by atoms with E-state index in [0.29, 0.717) is 12.8 Å². The van der Waals surface area contributed by atoms with Gasteiger partial charge in [0.2, 0.25) is 0 Å². The average Bonchev–Trinajstić information content (AvgIpc) is 2.59. The molecule has 0 spiro atoms. The van der Waals surface area contributed by atoms with E-state index in [1.165, 1.54) is 0 Å². The molecule has 2 saturated carbocycles. The molecular formula is C12H19O7S2-. The first kappa shape index (κ1) is 16.9. The number of rotatable bonds is 6. The predicted molar refractivity (Wildman–Crippen MR) is 72.9 cm³/mol. The van der Waals surface area contributed by atoms with Crippen molar-refractivity contribution in [1.82, 2.24) is 0 Å². The van der Waals surface area contributed by atoms with Crippen molar-refractivity contribution in [3.05, 3.63) is 0 Å². The van der Waals surface area contributed by atoms with E-state index in [1.807, 2.05) is 13.8 Å². The Hall–Kier alpha value is -0.510. The fraction of sp³-hybridized carbons (Fsp3) is 0.917. The second-order valence-electron chi connectivity index (χ2n) is 6.45. The molecule has 0 amide bonds. The molecule has 2 rings (SSSR count). The van der Waals surface area contributed by atoms with Gasteiger partial charge in [-0.25, -0.2) is 8.42 Å². The summed E-state index contributed by atoms with van der Waals surface area (Å²) in [6.07, 6.45) is 1.70. The van der Waals surface area contributed by atoms with Gasteiger partial charge in [0.25, 0.3) is 10.1 Å². The second-order valence-corrected chi connectivity index (χ2v) is 9.62. The zero-order valence-electron chi connectivity index (χ0n) is 12.0. The Labute approximate surface area is 124 Å². The molecule has 0 heterocycles. The van der Waals surface area contributed by atoms with Crippen molar-refractivity contribution in [2.24, 2.45) is 16.7 Å². The zero-order valence-corrected chi connectivity index (χ0v) is 13.6. The highest BCUT2D eigenvalue weighted by Crippen LogP contribution is 2.64. The molecule has 0 N–H and O–H groups in total. The van der Waals surface area contributed by atoms with Crippen molar-refractivity contribution >= 4 is 26.0 Å². The molecule has 0 aromatic rings. The number of carbonyl (C=O) groups excluding carboxylic acids is 1. The van der Waals surface area contributed by atoms with E-state index in [4.69, 9.17) is 0 Å². The molecule has 2 fully saturated rings. The van der Waals surface area contributed by atoms with E-state index in [-0.39, 0.29) is 11.7 Å². The summed E-state index contributed by atoms with van der Waals surface area (Å²) < 4.78 is 60.0. The molecule has 2 unspecified atom stereocenters. The van der Waals surface area contributed by atoms with Crippen molar-refractivity contribution in [1.29, 1.82) is 0 Å². The average molecular weight is 339 g/mol. The number of ketones is 1. The van der Waals surface area contributed by atoms with Crippen LogP contribution in [-0.4, -0.2) is 45.3 Å². The highest BCUT2D eigenvalue weighted by atomic mass is 32.2. The van der Waals surface area contributed by atoms with E-state index >= 15 is 0 Å². The third-order valence-electron chi connectivity index (χ3n) is 5.16. The molecule has 122 valence electrons. The van der Waals surface area contributed by atoms with Gasteiger partial charge in [-0.2, -0.15) is 8.42 Å². The van der Waals surface area contributed by atoms with Crippen molar-refractivity contribution in [3.8, 4) is 0 Å². The normalized spacial score (nSPS) is 31.8. The van der Waals surface area contributed by atoms with Crippen LogP contribution in [-0.2, 0) is 29.2 Å². The van der Waals surface area contributed by atoms with Gasteiger partial charge in [0.15, 0.2) is 0 Å². The van der Waals surface area contributed by atoms with Crippen LogP contribution >= 0.6 is 0 Å². The molecule has 2 bridgehead atoms. The molecule has 2 atom stereocenters. The molecular weight excluding hydrogens is 320 g/mol. The van der Waals surface area contributed by atoms with Crippen molar-refractivity contribution in [3.63, 3.8) is 0 Å². The Morgan fingerprint density at radius 2 is 1.90 bits per heavy atom. The smallest absolute Gasteiger partial charge is 0.268 e. The lowest BCUT2D eigenvalue weighted by Gasteiger charge is -2.35. The SMILES string of the molecule is CC1(C)C2CCC1(CS(=O)(=O)OCCS(=O)(=O)[O-])C(=O)C2. The third-order valence-corrected chi connectivity index (χ3v) is 7.20. The molecule has 0 radical (unpaired) electrons. The number of hydrogen-bond acceptors (Lipinski definition) is 7. The molecule has 0 saturated heterocycles. The third kappa shape index (κ3) is 3.01. The molecule has 2 aliphatic carbocycles. The van der Waals surface area contributed by atoms with Gasteiger partial charge in [-0.05, 0) is 24.2 Å². The van der Waals surface area contributed by atoms with Crippen LogP contribution in [0.4, 0.5) is 0 Å². The van der Waals surface area contributed by atoms with Crippen LogP contribution in [0.1, 0.15) is 33.1 Å². The van der Waals surface area contributed by atoms with Gasteiger partial charge < -0.3 is 4.55 Å². The summed E-state index contributed by atoms with van der Waals surface area (Å²) in [5.41, 5.74) is -1.36. The first-order chi connectivity index (χ1) is 9.40. The maximum Gasteiger partial charge on any atom is 0.268 e. The lowest BCUT2D eigenvalue weighted by Crippen LogP contribution is -2.42. The van der Waals surface area contributed by atoms with Gasteiger partial charge in [0.05, 0.1) is 33.6 Å². The summed E-state index contributed by atoms with van der Waals surface area (Å²) in [4.78, 5) is 12.2. The Balaban J connectivity index is 2.11. The molecule has 0 aromatic heterocycles. The summed E-state index contributed by atoms with van der Waals surface area (Å²) in [5, 5.41) is 0. The first-order valence-corrected chi connectivity index (χ1v) is 9.89. The van der Waals surface area contributed by atoms with E-state index in [1.54, 1.807) is 0 Å². The molecule has 0 aromatic carbocycles. The lowest BCUT2D eigenvalue weighted by molar-refractivity contribution is -0.128. The summed E-state index contributed by atoms with van der Waals surface area (Å²) in [6.45, 7) is 3.09. The van der Waals surface area contributed by atoms with Gasteiger partial charge in [-0.3, -0.25) is 8.98 Å². The van der Waals surface area contributed by atoms with E-state index < -0.39 is 49.2 Å². The molecule has 0 aliphatic heterocycles. The highest BCUT2D eigenvalue weighted by molar-refractivity contribution is 7.87. The fourth-order valence-electron chi connectivity index (χ4n) is 3.71. The van der Waals surface area contributed by atoms with Crippen LogP contribution in [0.5, 0.6) is 0 Å². The van der Waals surface area contributed by atoms with Crippen LogP contribution in [0.2, 0.25) is 0 Å². The van der Waals surface area contributed by atoms with Crippen molar-refractivity contribution in [2.75, 3.05) is 18.1 Å². The number of fused-ring (bicyclic) bond motifs is 2. The molecule has 2 aliphatic rings. The topological polar surface area (TPSA) is 118 Å². The van der Waals surface area contributed by atoms with Gasteiger partial charge in [-0.1, -0.05) is 13.8 Å². The minimum atomic E-state index is -4.53. The summed E-state index contributed by atoms with van der Waals surface area (Å²) in [5.74, 6) is -1.23. The fourth-order valence-corrected chi connectivity index (χ4v) is 5.81. The Kier molecular flexibility index (Phi) is 4.02. The predicted octanol–water partition coefficient (Wildman–Crippen LogP) is 0.273. The minimum Gasteiger partial charge on any atom is -0.748 e. The second kappa shape index (κ2) is 5.00. The molecule has 9 heteroatoms. The van der Waals surface area contributed by atoms with Gasteiger partial charge in [0, 0.05) is 6.42 Å². The Morgan fingerprint density at radius 1 is 1.29 bits per heavy atom. The monoisotopic (exact) mass is 339 g/mol. The highest BCUT2D eigenvalue weighted by Gasteiger charge is 2.65. The number of carbonyl (C=O) groups is 1. The summed E-state index contributed by atoms with van der Waals surface area (Å²) >= 11 is 0. The van der Waals surface area contributed by atoms with Crippen LogP contribution in [0.3, 0.4) is 0 Å². The van der Waals surface area contributed by atoms with Crippen molar-refractivity contribution < 1.29 is 30.4 Å². The van der Waals surface area contributed by atoms with Gasteiger partial charge in [0.1, 0.15) is 5.78 Å². The van der Waals surface area contributed by atoms with Crippen LogP contribution in [0.15, 0.2) is 0 Å². The van der Waals surface area contributed by atoms with E-state index in [2.05, 4.69) is 4.18 Å². The van der Waals surface area contributed by atoms with E-state index in [9.17, 15) is 26.2 Å². The molecule has 21 heavy (non-hydrogen) atoms. The lowest BCUT2D eigenvalue weighted by atomic mass is 9.70. The maximum atomic E-state index is 12.2. The largest absolute Gasteiger partial charge is 0.748 e. The minimum absolute atomic E-state index is 0.0626. The summed E-state index contributed by atoms with van der Waals surface area (Å²) in [7, 11) is -8.59. The van der Waals surface area contributed by atoms with Crippen LogP contribution < -0.4 is 0 Å². The summed E-state index contributed by atoms with van der Waals surface area (Å²) in [6, 6.07) is 0.